The third kappa shape index (κ3) is 5.55. The summed E-state index contributed by atoms with van der Waals surface area (Å²) in [6.45, 7) is 1.90. The maximum atomic E-state index is 13.4. The zero-order valence-corrected chi connectivity index (χ0v) is 22.4. The Morgan fingerprint density at radius 2 is 1.77 bits per heavy atom. The van der Waals surface area contributed by atoms with Gasteiger partial charge in [0, 0.05) is 10.6 Å². The number of carbonyl (C=O) groups is 1. The van der Waals surface area contributed by atoms with Crippen molar-refractivity contribution in [3.05, 3.63) is 122 Å². The van der Waals surface area contributed by atoms with Crippen molar-refractivity contribution >= 4 is 46.3 Å². The molecule has 0 unspecified atom stereocenters. The Kier molecular flexibility index (Phi) is 7.45. The Labute approximate surface area is 233 Å². The molecule has 0 saturated heterocycles. The van der Waals surface area contributed by atoms with Crippen LogP contribution in [0.25, 0.3) is 22.3 Å². The van der Waals surface area contributed by atoms with E-state index in [0.717, 1.165) is 5.56 Å². The zero-order chi connectivity index (χ0) is 27.5. The summed E-state index contributed by atoms with van der Waals surface area (Å²) >= 11 is 12.5. The monoisotopic (exact) mass is 557 g/mol. The second-order valence-electron chi connectivity index (χ2n) is 8.61. The van der Waals surface area contributed by atoms with E-state index in [4.69, 9.17) is 32.7 Å². The van der Waals surface area contributed by atoms with Crippen molar-refractivity contribution in [3.63, 3.8) is 0 Å². The Morgan fingerprint density at radius 1 is 0.949 bits per heavy atom. The van der Waals surface area contributed by atoms with Crippen molar-refractivity contribution in [2.45, 2.75) is 6.92 Å². The fourth-order valence-electron chi connectivity index (χ4n) is 3.98. The van der Waals surface area contributed by atoms with Crippen LogP contribution in [0.4, 0.5) is 0 Å². The molecule has 1 aromatic heterocycles. The number of aryl methyl sites for hydroxylation is 1. The molecule has 0 saturated carbocycles. The van der Waals surface area contributed by atoms with Crippen molar-refractivity contribution in [2.24, 2.45) is 5.10 Å². The number of hydrogen-bond donors (Lipinski definition) is 0. The van der Waals surface area contributed by atoms with Crippen LogP contribution in [-0.4, -0.2) is 29.0 Å². The lowest BCUT2D eigenvalue weighted by Crippen LogP contribution is -2.20. The normalized spacial score (nSPS) is 11.2. The summed E-state index contributed by atoms with van der Waals surface area (Å²) in [7, 11) is 1.47. The minimum absolute atomic E-state index is 0.249. The molecule has 39 heavy (non-hydrogen) atoms. The number of aromatic nitrogens is 2. The maximum absolute atomic E-state index is 13.4. The number of esters is 1. The van der Waals surface area contributed by atoms with Crippen LogP contribution >= 0.6 is 23.2 Å². The number of hydrogen-bond acceptors (Lipinski definition) is 6. The van der Waals surface area contributed by atoms with Gasteiger partial charge in [0.05, 0.1) is 34.8 Å². The quantitative estimate of drug-likeness (QED) is 0.130. The number of ether oxygens (including phenoxy) is 2. The predicted molar refractivity (Wildman–Crippen MR) is 154 cm³/mol. The molecular formula is C30H21Cl2N3O4. The van der Waals surface area contributed by atoms with Crippen molar-refractivity contribution < 1.29 is 14.3 Å². The molecule has 9 heteroatoms. The number of methoxy groups -OCH3 is 1. The maximum Gasteiger partial charge on any atom is 0.343 e. The van der Waals surface area contributed by atoms with Crippen molar-refractivity contribution in [2.75, 3.05) is 7.11 Å². The highest BCUT2D eigenvalue weighted by atomic mass is 35.5. The highest BCUT2D eigenvalue weighted by Gasteiger charge is 2.16. The van der Waals surface area contributed by atoms with Gasteiger partial charge in [0.2, 0.25) is 0 Å². The number of halogens is 2. The average molecular weight is 558 g/mol. The smallest absolute Gasteiger partial charge is 0.343 e. The van der Waals surface area contributed by atoms with E-state index in [0.29, 0.717) is 43.4 Å². The van der Waals surface area contributed by atoms with Crippen LogP contribution in [0.15, 0.2) is 94.8 Å². The van der Waals surface area contributed by atoms with Crippen LogP contribution in [0, 0.1) is 6.92 Å². The van der Waals surface area contributed by atoms with Gasteiger partial charge in [-0.25, -0.2) is 9.78 Å². The molecule has 5 aromatic rings. The minimum atomic E-state index is -0.503. The third-order valence-electron chi connectivity index (χ3n) is 5.89. The van der Waals surface area contributed by atoms with Gasteiger partial charge in [-0.15, -0.1) is 0 Å². The van der Waals surface area contributed by atoms with E-state index in [9.17, 15) is 9.59 Å². The summed E-state index contributed by atoms with van der Waals surface area (Å²) in [6.07, 6.45) is 1.49. The van der Waals surface area contributed by atoms with E-state index < -0.39 is 5.97 Å². The number of rotatable bonds is 6. The van der Waals surface area contributed by atoms with Gasteiger partial charge in [-0.2, -0.15) is 9.78 Å². The van der Waals surface area contributed by atoms with E-state index in [1.165, 1.54) is 18.0 Å². The summed E-state index contributed by atoms with van der Waals surface area (Å²) in [6, 6.07) is 24.0. The summed E-state index contributed by atoms with van der Waals surface area (Å²) in [5.41, 5.74) is 2.61. The van der Waals surface area contributed by atoms with Crippen LogP contribution in [-0.2, 0) is 0 Å². The van der Waals surface area contributed by atoms with Gasteiger partial charge in [0.1, 0.15) is 0 Å². The highest BCUT2D eigenvalue weighted by Crippen LogP contribution is 2.30. The third-order valence-corrected chi connectivity index (χ3v) is 6.44. The molecule has 0 spiro atoms. The van der Waals surface area contributed by atoms with Crippen molar-refractivity contribution in [3.8, 4) is 22.9 Å². The minimum Gasteiger partial charge on any atom is -0.493 e. The first-order chi connectivity index (χ1) is 18.8. The lowest BCUT2D eigenvalue weighted by atomic mass is 10.1. The standard InChI is InChI=1S/C30H21Cl2N3O4/c1-18-6-5-7-20(14-18)30(37)39-26-13-10-19(15-27(26)38-2)17-33-35-28(22-12-11-21(31)16-24(22)32)34-25-9-4-3-8-23(25)29(35)36/h3-17H,1-2H3. The van der Waals surface area contributed by atoms with E-state index in [1.54, 1.807) is 78.9 Å². The fraction of sp³-hybridized carbons (Fsp3) is 0.0667. The van der Waals surface area contributed by atoms with Gasteiger partial charge in [-0.05, 0) is 73.2 Å². The Balaban J connectivity index is 1.53. The molecule has 0 amide bonds. The van der Waals surface area contributed by atoms with E-state index in [-0.39, 0.29) is 17.1 Å². The van der Waals surface area contributed by atoms with Gasteiger partial charge in [-0.3, -0.25) is 4.79 Å². The Bertz CT molecular complexity index is 1810. The highest BCUT2D eigenvalue weighted by molar-refractivity contribution is 6.36. The molecule has 1 heterocycles. The van der Waals surface area contributed by atoms with Gasteiger partial charge in [0.15, 0.2) is 17.3 Å². The fourth-order valence-corrected chi connectivity index (χ4v) is 4.47. The van der Waals surface area contributed by atoms with Gasteiger partial charge >= 0.3 is 5.97 Å². The van der Waals surface area contributed by atoms with Crippen molar-refractivity contribution in [1.29, 1.82) is 0 Å². The average Bonchev–Trinajstić information content (AvgIpc) is 2.93. The Hall–Kier alpha value is -4.46. The summed E-state index contributed by atoms with van der Waals surface area (Å²) in [5, 5.41) is 5.64. The van der Waals surface area contributed by atoms with Gasteiger partial charge < -0.3 is 9.47 Å². The van der Waals surface area contributed by atoms with Crippen LogP contribution in [0.2, 0.25) is 10.0 Å². The lowest BCUT2D eigenvalue weighted by molar-refractivity contribution is 0.0729. The summed E-state index contributed by atoms with van der Waals surface area (Å²) in [4.78, 5) is 30.7. The number of carbonyl (C=O) groups excluding carboxylic acids is 1. The lowest BCUT2D eigenvalue weighted by Gasteiger charge is -2.12. The largest absolute Gasteiger partial charge is 0.493 e. The van der Waals surface area contributed by atoms with Gasteiger partial charge in [0.25, 0.3) is 5.56 Å². The van der Waals surface area contributed by atoms with Crippen LogP contribution in [0.5, 0.6) is 11.5 Å². The first kappa shape index (κ1) is 26.2. The molecule has 0 aliphatic rings. The number of fused-ring (bicyclic) bond motifs is 1. The Morgan fingerprint density at radius 3 is 2.54 bits per heavy atom. The molecule has 7 nitrogen and oxygen atoms in total. The number of benzene rings is 4. The summed E-state index contributed by atoms with van der Waals surface area (Å²) < 4.78 is 12.2. The van der Waals surface area contributed by atoms with Crippen LogP contribution in [0.3, 0.4) is 0 Å². The molecule has 194 valence electrons. The summed E-state index contributed by atoms with van der Waals surface area (Å²) in [5.74, 6) is 0.327. The number of para-hydroxylation sites is 1. The van der Waals surface area contributed by atoms with E-state index >= 15 is 0 Å². The SMILES string of the molecule is COc1cc(C=Nn2c(-c3ccc(Cl)cc3Cl)nc3ccccc3c2=O)ccc1OC(=O)c1cccc(C)c1. The second kappa shape index (κ2) is 11.1. The molecule has 4 aromatic carbocycles. The molecule has 0 bridgehead atoms. The zero-order valence-electron chi connectivity index (χ0n) is 20.9. The number of nitrogens with zero attached hydrogens (tertiary/aromatic N) is 3. The second-order valence-corrected chi connectivity index (χ2v) is 9.45. The first-order valence-corrected chi connectivity index (χ1v) is 12.6. The van der Waals surface area contributed by atoms with E-state index in [2.05, 4.69) is 10.1 Å². The topological polar surface area (TPSA) is 82.8 Å². The first-order valence-electron chi connectivity index (χ1n) is 11.8. The molecule has 0 fully saturated rings. The molecule has 0 aliphatic carbocycles. The van der Waals surface area contributed by atoms with Crippen molar-refractivity contribution in [1.82, 2.24) is 9.66 Å². The van der Waals surface area contributed by atoms with Gasteiger partial charge in [-0.1, -0.05) is 53.0 Å². The molecule has 0 N–H and O–H groups in total. The molecule has 0 radical (unpaired) electrons. The van der Waals surface area contributed by atoms with Crippen LogP contribution < -0.4 is 15.0 Å². The molecule has 0 atom stereocenters. The van der Waals surface area contributed by atoms with E-state index in [1.807, 2.05) is 13.0 Å². The van der Waals surface area contributed by atoms with Crippen LogP contribution in [0.1, 0.15) is 21.5 Å². The molecular weight excluding hydrogens is 537 g/mol. The molecule has 0 aliphatic heterocycles. The molecule has 5 rings (SSSR count). The predicted octanol–water partition coefficient (Wildman–Crippen LogP) is 6.79.